The van der Waals surface area contributed by atoms with Crippen molar-refractivity contribution >= 4 is 57.7 Å². The Morgan fingerprint density at radius 2 is 1.95 bits per heavy atom. The third-order valence-electron chi connectivity index (χ3n) is 3.15. The minimum Gasteiger partial charge on any atom is -0.310 e. The van der Waals surface area contributed by atoms with Gasteiger partial charge in [0.05, 0.1) is 18.7 Å². The molecular formula is C15H15Cl4NS. The number of benzene rings is 1. The van der Waals surface area contributed by atoms with Gasteiger partial charge in [-0.3, -0.25) is 0 Å². The molecule has 0 fully saturated rings. The summed E-state index contributed by atoms with van der Waals surface area (Å²) in [5.41, 5.74) is 2.01. The Balaban J connectivity index is 2.28. The first-order chi connectivity index (χ1) is 10.0. The van der Waals surface area contributed by atoms with Crippen molar-refractivity contribution in [1.82, 2.24) is 5.32 Å². The van der Waals surface area contributed by atoms with Gasteiger partial charge in [0, 0.05) is 11.6 Å². The number of nitrogens with one attached hydrogen (secondary N) is 1. The summed E-state index contributed by atoms with van der Waals surface area (Å²) in [4.78, 5) is 0. The second-order valence-electron chi connectivity index (χ2n) is 4.70. The zero-order chi connectivity index (χ0) is 15.4. The van der Waals surface area contributed by atoms with Crippen molar-refractivity contribution in [2.45, 2.75) is 25.8 Å². The Morgan fingerprint density at radius 3 is 2.57 bits per heavy atom. The summed E-state index contributed by atoms with van der Waals surface area (Å²) in [6.07, 6.45) is 1.75. The zero-order valence-corrected chi connectivity index (χ0v) is 15.3. The number of hydrogen-bond donors (Lipinski definition) is 1. The van der Waals surface area contributed by atoms with Crippen LogP contribution in [0.15, 0.2) is 24.3 Å². The summed E-state index contributed by atoms with van der Waals surface area (Å²) in [7, 11) is 0. The van der Waals surface area contributed by atoms with Gasteiger partial charge in [0.15, 0.2) is 0 Å². The van der Waals surface area contributed by atoms with Crippen LogP contribution in [0.3, 0.4) is 0 Å². The predicted octanol–water partition coefficient (Wildman–Crippen LogP) is 6.65. The van der Waals surface area contributed by atoms with Crippen LogP contribution in [0.4, 0.5) is 0 Å². The first-order valence-corrected chi connectivity index (χ1v) is 8.96. The molecule has 6 heteroatoms. The molecule has 1 aromatic heterocycles. The third-order valence-corrected chi connectivity index (χ3v) is 5.53. The molecule has 1 unspecified atom stereocenters. The van der Waals surface area contributed by atoms with E-state index < -0.39 is 0 Å². The van der Waals surface area contributed by atoms with E-state index >= 15 is 0 Å². The molecule has 114 valence electrons. The highest BCUT2D eigenvalue weighted by Gasteiger charge is 2.19. The lowest BCUT2D eigenvalue weighted by atomic mass is 10.0. The predicted molar refractivity (Wildman–Crippen MR) is 95.5 cm³/mol. The van der Waals surface area contributed by atoms with Gasteiger partial charge in [-0.2, -0.15) is 0 Å². The van der Waals surface area contributed by atoms with Crippen molar-refractivity contribution in [3.8, 4) is 0 Å². The smallest absolute Gasteiger partial charge is 0.0992 e. The summed E-state index contributed by atoms with van der Waals surface area (Å²) < 4.78 is 1.40. The van der Waals surface area contributed by atoms with Crippen molar-refractivity contribution < 1.29 is 0 Å². The molecule has 0 saturated heterocycles. The summed E-state index contributed by atoms with van der Waals surface area (Å²) in [6, 6.07) is 7.66. The molecule has 0 aliphatic rings. The molecular weight excluding hydrogens is 368 g/mol. The first-order valence-electron chi connectivity index (χ1n) is 6.64. The largest absolute Gasteiger partial charge is 0.310 e. The molecule has 0 radical (unpaired) electrons. The van der Waals surface area contributed by atoms with Crippen molar-refractivity contribution in [3.63, 3.8) is 0 Å². The molecule has 0 bridgehead atoms. The maximum Gasteiger partial charge on any atom is 0.0992 e. The second-order valence-corrected chi connectivity index (χ2v) is 7.77. The van der Waals surface area contributed by atoms with E-state index in [1.165, 1.54) is 11.3 Å². The molecule has 1 heterocycles. The van der Waals surface area contributed by atoms with Crippen molar-refractivity contribution in [1.29, 1.82) is 0 Å². The Labute approximate surface area is 149 Å². The number of hydrogen-bond acceptors (Lipinski definition) is 2. The van der Waals surface area contributed by atoms with Crippen LogP contribution < -0.4 is 5.32 Å². The van der Waals surface area contributed by atoms with Crippen molar-refractivity contribution in [2.75, 3.05) is 6.54 Å². The van der Waals surface area contributed by atoms with E-state index in [1.54, 1.807) is 6.07 Å². The minimum atomic E-state index is 0.0668. The molecule has 0 spiro atoms. The molecule has 1 nitrogen and oxygen atoms in total. The molecule has 1 aromatic carbocycles. The van der Waals surface area contributed by atoms with E-state index in [-0.39, 0.29) is 6.04 Å². The Kier molecular flexibility index (Phi) is 6.67. The van der Waals surface area contributed by atoms with Crippen LogP contribution >= 0.6 is 57.7 Å². The van der Waals surface area contributed by atoms with E-state index in [0.29, 0.717) is 25.1 Å². The molecule has 0 amide bonds. The second kappa shape index (κ2) is 8.05. The Hall–Kier alpha value is 0.0400. The fraction of sp³-hybridized carbons (Fsp3) is 0.333. The quantitative estimate of drug-likeness (QED) is 0.589. The number of rotatable bonds is 6. The normalized spacial score (nSPS) is 12.6. The standard InChI is InChI=1S/C15H15Cl4NS/c1-2-6-20-12(10-8-13(17)21-15(10)19)7-9-4-3-5-11(16)14(9)18/h3-5,8,12,20H,2,6-7H2,1H3. The lowest BCUT2D eigenvalue weighted by Crippen LogP contribution is -2.24. The van der Waals surface area contributed by atoms with Crippen LogP contribution in [0, 0.1) is 0 Å². The van der Waals surface area contributed by atoms with Gasteiger partial charge in [-0.1, -0.05) is 65.5 Å². The lowest BCUT2D eigenvalue weighted by molar-refractivity contribution is 0.531. The maximum atomic E-state index is 6.29. The SMILES string of the molecule is CCCNC(Cc1cccc(Cl)c1Cl)c1cc(Cl)sc1Cl. The van der Waals surface area contributed by atoms with Gasteiger partial charge in [-0.05, 0) is 37.1 Å². The van der Waals surface area contributed by atoms with Crippen LogP contribution in [0.1, 0.15) is 30.5 Å². The molecule has 0 aliphatic carbocycles. The maximum absolute atomic E-state index is 6.29. The van der Waals surface area contributed by atoms with Gasteiger partial charge < -0.3 is 5.32 Å². The average Bonchev–Trinajstić information content (AvgIpc) is 2.78. The van der Waals surface area contributed by atoms with E-state index in [4.69, 9.17) is 46.4 Å². The van der Waals surface area contributed by atoms with Crippen molar-refractivity contribution in [3.05, 3.63) is 54.1 Å². The van der Waals surface area contributed by atoms with E-state index in [1.807, 2.05) is 18.2 Å². The molecule has 2 aromatic rings. The average molecular weight is 383 g/mol. The highest BCUT2D eigenvalue weighted by atomic mass is 35.5. The fourth-order valence-corrected chi connectivity index (χ4v) is 4.10. The molecule has 0 saturated carbocycles. The van der Waals surface area contributed by atoms with Gasteiger partial charge in [0.25, 0.3) is 0 Å². The first kappa shape index (κ1) is 17.4. The summed E-state index contributed by atoms with van der Waals surface area (Å²) in [6.45, 7) is 3.02. The zero-order valence-electron chi connectivity index (χ0n) is 11.4. The van der Waals surface area contributed by atoms with Crippen molar-refractivity contribution in [2.24, 2.45) is 0 Å². The summed E-state index contributed by atoms with van der Waals surface area (Å²) in [5.74, 6) is 0. The van der Waals surface area contributed by atoms with Crippen LogP contribution in [-0.4, -0.2) is 6.54 Å². The monoisotopic (exact) mass is 381 g/mol. The van der Waals surface area contributed by atoms with Crippen LogP contribution in [0.5, 0.6) is 0 Å². The minimum absolute atomic E-state index is 0.0668. The topological polar surface area (TPSA) is 12.0 Å². The summed E-state index contributed by atoms with van der Waals surface area (Å²) in [5, 5.41) is 4.66. The Bertz CT molecular complexity index is 612. The fourth-order valence-electron chi connectivity index (χ4n) is 2.13. The van der Waals surface area contributed by atoms with Crippen LogP contribution in [0.2, 0.25) is 18.7 Å². The highest BCUT2D eigenvalue weighted by molar-refractivity contribution is 7.20. The number of halogens is 4. The number of thiophene rings is 1. The Morgan fingerprint density at radius 1 is 1.19 bits per heavy atom. The highest BCUT2D eigenvalue weighted by Crippen LogP contribution is 2.37. The van der Waals surface area contributed by atoms with Gasteiger partial charge in [0.1, 0.15) is 0 Å². The lowest BCUT2D eigenvalue weighted by Gasteiger charge is -2.19. The molecule has 1 atom stereocenters. The molecule has 2 rings (SSSR count). The van der Waals surface area contributed by atoms with Gasteiger partial charge in [-0.15, -0.1) is 11.3 Å². The van der Waals surface area contributed by atoms with E-state index in [0.717, 1.165) is 24.1 Å². The van der Waals surface area contributed by atoms with Crippen LogP contribution in [0.25, 0.3) is 0 Å². The van der Waals surface area contributed by atoms with E-state index in [2.05, 4.69) is 12.2 Å². The molecule has 0 aliphatic heterocycles. The molecule has 21 heavy (non-hydrogen) atoms. The molecule has 1 N–H and O–H groups in total. The van der Waals surface area contributed by atoms with Crippen LogP contribution in [-0.2, 0) is 6.42 Å². The summed E-state index contributed by atoms with van der Waals surface area (Å²) >= 11 is 26.1. The third kappa shape index (κ3) is 4.51. The van der Waals surface area contributed by atoms with Gasteiger partial charge in [-0.25, -0.2) is 0 Å². The van der Waals surface area contributed by atoms with E-state index in [9.17, 15) is 0 Å². The van der Waals surface area contributed by atoms with Gasteiger partial charge in [0.2, 0.25) is 0 Å². The van der Waals surface area contributed by atoms with Gasteiger partial charge >= 0.3 is 0 Å².